The number of nitrogens with zero attached hydrogens (tertiary/aromatic N) is 1. The first-order chi connectivity index (χ1) is 8.20. The molecule has 0 aromatic heterocycles. The van der Waals surface area contributed by atoms with Crippen LogP contribution in [0.4, 0.5) is 0 Å². The van der Waals surface area contributed by atoms with Gasteiger partial charge in [0.05, 0.1) is 5.60 Å². The Bertz CT molecular complexity index is 366. The van der Waals surface area contributed by atoms with Gasteiger partial charge in [-0.15, -0.1) is 0 Å². The van der Waals surface area contributed by atoms with Crippen LogP contribution in [0.25, 0.3) is 0 Å². The number of thioether (sulfide) groups is 1. The molecule has 1 aliphatic rings. The molecule has 18 heavy (non-hydrogen) atoms. The minimum atomic E-state index is -3.07. The van der Waals surface area contributed by atoms with Crippen LogP contribution in [0.15, 0.2) is 0 Å². The molecule has 1 heterocycles. The van der Waals surface area contributed by atoms with Crippen LogP contribution in [0, 0.1) is 5.92 Å². The summed E-state index contributed by atoms with van der Waals surface area (Å²) in [6.45, 7) is 8.55. The van der Waals surface area contributed by atoms with Crippen molar-refractivity contribution in [1.82, 2.24) is 4.90 Å². The quantitative estimate of drug-likeness (QED) is 0.826. The molecule has 0 radical (unpaired) electrons. The molecule has 0 aliphatic carbocycles. The maximum atomic E-state index is 12.1. The lowest BCUT2D eigenvalue weighted by Crippen LogP contribution is -2.54. The van der Waals surface area contributed by atoms with E-state index in [2.05, 4.69) is 0 Å². The van der Waals surface area contributed by atoms with Gasteiger partial charge in [0.2, 0.25) is 0 Å². The zero-order valence-corrected chi connectivity index (χ0v) is 13.4. The topological polar surface area (TPSA) is 57.6 Å². The van der Waals surface area contributed by atoms with Crippen LogP contribution in [-0.2, 0) is 9.84 Å². The van der Waals surface area contributed by atoms with Gasteiger partial charge >= 0.3 is 0 Å². The van der Waals surface area contributed by atoms with Crippen LogP contribution < -0.4 is 0 Å². The van der Waals surface area contributed by atoms with E-state index >= 15 is 0 Å². The van der Waals surface area contributed by atoms with E-state index in [0.717, 1.165) is 12.3 Å². The summed E-state index contributed by atoms with van der Waals surface area (Å²) in [5.41, 5.74) is -0.844. The molecular formula is C12H25NO3S2. The summed E-state index contributed by atoms with van der Waals surface area (Å²) < 4.78 is 24.2. The molecule has 1 N–H and O–H groups in total. The summed E-state index contributed by atoms with van der Waals surface area (Å²) in [4.78, 5) is 1.94. The Hall–Kier alpha value is 0.220. The summed E-state index contributed by atoms with van der Waals surface area (Å²) in [5, 5.41) is 9.92. The molecule has 0 saturated carbocycles. The molecular weight excluding hydrogens is 270 g/mol. The average Bonchev–Trinajstić information content (AvgIpc) is 2.29. The molecule has 0 aromatic rings. The fourth-order valence-corrected chi connectivity index (χ4v) is 4.99. The molecule has 1 fully saturated rings. The lowest BCUT2D eigenvalue weighted by Gasteiger charge is -2.40. The Kier molecular flexibility index (Phi) is 5.53. The van der Waals surface area contributed by atoms with Gasteiger partial charge in [-0.1, -0.05) is 20.8 Å². The molecule has 0 spiro atoms. The smallest absolute Gasteiger partial charge is 0.166 e. The van der Waals surface area contributed by atoms with Crippen molar-refractivity contribution < 1.29 is 13.5 Å². The number of aliphatic hydroxyl groups is 1. The molecule has 108 valence electrons. The van der Waals surface area contributed by atoms with Crippen LogP contribution >= 0.6 is 11.8 Å². The Balaban J connectivity index is 2.84. The molecule has 1 saturated heterocycles. The third kappa shape index (κ3) is 3.85. The third-order valence-electron chi connectivity index (χ3n) is 3.77. The molecule has 1 aliphatic heterocycles. The second-order valence-corrected chi connectivity index (χ2v) is 9.06. The van der Waals surface area contributed by atoms with E-state index in [9.17, 15) is 13.5 Å². The highest BCUT2D eigenvalue weighted by Crippen LogP contribution is 2.25. The molecule has 0 amide bonds. The highest BCUT2D eigenvalue weighted by Gasteiger charge is 2.37. The molecule has 0 aromatic carbocycles. The molecule has 2 atom stereocenters. The van der Waals surface area contributed by atoms with Crippen LogP contribution in [0.5, 0.6) is 0 Å². The summed E-state index contributed by atoms with van der Waals surface area (Å²) in [7, 11) is -3.07. The predicted octanol–water partition coefficient (Wildman–Crippen LogP) is 1.20. The van der Waals surface area contributed by atoms with Crippen molar-refractivity contribution in [2.75, 3.05) is 30.3 Å². The predicted molar refractivity (Wildman–Crippen MR) is 77.6 cm³/mol. The van der Waals surface area contributed by atoms with Crippen molar-refractivity contribution in [3.8, 4) is 0 Å². The molecule has 2 unspecified atom stereocenters. The van der Waals surface area contributed by atoms with E-state index in [1.54, 1.807) is 25.6 Å². The summed E-state index contributed by atoms with van der Waals surface area (Å²) >= 11 is 1.68. The fourth-order valence-electron chi connectivity index (χ4n) is 1.91. The zero-order valence-electron chi connectivity index (χ0n) is 11.7. The van der Waals surface area contributed by atoms with Gasteiger partial charge in [-0.3, -0.25) is 4.90 Å². The van der Waals surface area contributed by atoms with Gasteiger partial charge in [0.25, 0.3) is 0 Å². The van der Waals surface area contributed by atoms with E-state index in [4.69, 9.17) is 0 Å². The van der Waals surface area contributed by atoms with E-state index in [0.29, 0.717) is 12.3 Å². The monoisotopic (exact) mass is 295 g/mol. The Morgan fingerprint density at radius 1 is 1.50 bits per heavy atom. The lowest BCUT2D eigenvalue weighted by atomic mass is 9.92. The van der Waals surface area contributed by atoms with Gasteiger partial charge in [-0.05, 0) is 12.8 Å². The third-order valence-corrected chi connectivity index (χ3v) is 7.11. The number of sulfone groups is 1. The van der Waals surface area contributed by atoms with Crippen LogP contribution in [0.1, 0.15) is 27.7 Å². The van der Waals surface area contributed by atoms with Crippen LogP contribution in [-0.4, -0.2) is 59.7 Å². The van der Waals surface area contributed by atoms with E-state index in [-0.39, 0.29) is 11.7 Å². The first-order valence-corrected chi connectivity index (χ1v) is 9.33. The number of hydrogen-bond donors (Lipinski definition) is 1. The largest absolute Gasteiger partial charge is 0.389 e. The van der Waals surface area contributed by atoms with E-state index in [1.165, 1.54) is 0 Å². The normalized spacial score (nSPS) is 26.2. The molecule has 6 heteroatoms. The Labute approximate surface area is 115 Å². The highest BCUT2D eigenvalue weighted by atomic mass is 32.2. The standard InChI is InChI=1S/C12H25NO3S2/c1-5-18(15,16)11-8-17-7-6-13(11)9-12(4,14)10(2)3/h10-11,14H,5-9H2,1-4H3. The maximum Gasteiger partial charge on any atom is 0.166 e. The zero-order chi connectivity index (χ0) is 14.0. The van der Waals surface area contributed by atoms with Gasteiger partial charge in [-0.2, -0.15) is 11.8 Å². The van der Waals surface area contributed by atoms with Gasteiger partial charge in [0.1, 0.15) is 5.37 Å². The van der Waals surface area contributed by atoms with E-state index < -0.39 is 20.8 Å². The summed E-state index contributed by atoms with van der Waals surface area (Å²) in [5.74, 6) is 1.82. The van der Waals surface area contributed by atoms with Crippen molar-refractivity contribution in [3.05, 3.63) is 0 Å². The lowest BCUT2D eigenvalue weighted by molar-refractivity contribution is -0.0197. The average molecular weight is 295 g/mol. The van der Waals surface area contributed by atoms with Gasteiger partial charge in [0, 0.05) is 30.3 Å². The summed E-state index contributed by atoms with van der Waals surface area (Å²) in [6.07, 6.45) is 0. The van der Waals surface area contributed by atoms with Gasteiger partial charge < -0.3 is 5.11 Å². The van der Waals surface area contributed by atoms with E-state index in [1.807, 2.05) is 18.7 Å². The first-order valence-electron chi connectivity index (χ1n) is 6.46. The minimum absolute atomic E-state index is 0.108. The van der Waals surface area contributed by atoms with Crippen LogP contribution in [0.3, 0.4) is 0 Å². The summed E-state index contributed by atoms with van der Waals surface area (Å²) in [6, 6.07) is 0. The van der Waals surface area contributed by atoms with Crippen LogP contribution in [0.2, 0.25) is 0 Å². The van der Waals surface area contributed by atoms with Crippen molar-refractivity contribution in [3.63, 3.8) is 0 Å². The second kappa shape index (κ2) is 6.11. The highest BCUT2D eigenvalue weighted by molar-refractivity contribution is 8.01. The maximum absolute atomic E-state index is 12.1. The first kappa shape index (κ1) is 16.3. The van der Waals surface area contributed by atoms with Crippen molar-refractivity contribution in [2.24, 2.45) is 5.92 Å². The van der Waals surface area contributed by atoms with Gasteiger partial charge in [-0.25, -0.2) is 8.42 Å². The molecule has 4 nitrogen and oxygen atoms in total. The Morgan fingerprint density at radius 2 is 2.11 bits per heavy atom. The molecule has 0 bridgehead atoms. The van der Waals surface area contributed by atoms with Crippen molar-refractivity contribution in [1.29, 1.82) is 0 Å². The molecule has 1 rings (SSSR count). The minimum Gasteiger partial charge on any atom is -0.389 e. The number of β-amino-alcohol motifs (C(OH)–C–C–N with tert-alkyl or cyclic N) is 1. The number of hydrogen-bond acceptors (Lipinski definition) is 5. The number of rotatable bonds is 5. The Morgan fingerprint density at radius 3 is 2.61 bits per heavy atom. The SMILES string of the molecule is CCS(=O)(=O)C1CSCCN1CC(C)(O)C(C)C. The van der Waals surface area contributed by atoms with Crippen molar-refractivity contribution in [2.45, 2.75) is 38.7 Å². The van der Waals surface area contributed by atoms with Gasteiger partial charge in [0.15, 0.2) is 9.84 Å². The second-order valence-electron chi connectivity index (χ2n) is 5.46. The fraction of sp³-hybridized carbons (Fsp3) is 1.00. The van der Waals surface area contributed by atoms with Crippen molar-refractivity contribution >= 4 is 21.6 Å².